The molecule has 0 bridgehead atoms. The standard InChI is InChI=1S/C18H14ClF3O2S.C18H12ClF3O2S.C10H9ClO2.C8H5F3OS/c2*19-16-11(9-23)3-6-14-15(16)8-12(17(14)24)7-10-1-4-13(5-2-10)25-18(20,21)22;11-10-6(5-12)1-2-7-8(10)3-4-9(7)13;9-8(10,11)13-7-3-1-6(5-12)2-4-7/h1-6,12,23H,7-9H2;1-7,23H,8-9H2;1-2,12H,3-5H2;1-5H/b;12-7+;;. The largest absolute Gasteiger partial charge is 0.446 e. The molecule has 0 fully saturated rings. The van der Waals surface area contributed by atoms with Gasteiger partial charge in [0.1, 0.15) is 6.29 Å². The number of benzene rings is 6. The number of aliphatic hydroxyl groups is 3. The molecule has 3 aliphatic rings. The normalized spacial score (nSPS) is 15.2. The lowest BCUT2D eigenvalue weighted by atomic mass is 9.96. The van der Waals surface area contributed by atoms with Crippen LogP contribution >= 0.6 is 70.1 Å². The number of Topliss-reactive ketones (excluding diaryl/α,β-unsaturated/α-hetero) is 3. The Morgan fingerprint density at radius 1 is 0.513 bits per heavy atom. The molecule has 1 unspecified atom stereocenters. The van der Waals surface area contributed by atoms with Gasteiger partial charge in [-0.15, -0.1) is 0 Å². The maximum Gasteiger partial charge on any atom is 0.446 e. The summed E-state index contributed by atoms with van der Waals surface area (Å²) in [7, 11) is 0. The average molecular weight is 1170 g/mol. The van der Waals surface area contributed by atoms with Gasteiger partial charge in [0.2, 0.25) is 0 Å². The molecule has 7 nitrogen and oxygen atoms in total. The molecule has 1 atom stereocenters. The van der Waals surface area contributed by atoms with Gasteiger partial charge in [-0.1, -0.05) is 108 Å². The van der Waals surface area contributed by atoms with Crippen LogP contribution in [0.2, 0.25) is 15.1 Å². The maximum absolute atomic E-state index is 12.5. The van der Waals surface area contributed by atoms with E-state index in [4.69, 9.17) is 39.9 Å². The van der Waals surface area contributed by atoms with Gasteiger partial charge >= 0.3 is 16.5 Å². The summed E-state index contributed by atoms with van der Waals surface area (Å²) in [6, 6.07) is 27.1. The van der Waals surface area contributed by atoms with Crippen LogP contribution in [0.5, 0.6) is 0 Å². The number of aldehydes is 1. The second-order valence-corrected chi connectivity index (χ2v) is 21.3. The van der Waals surface area contributed by atoms with Crippen LogP contribution in [0.1, 0.15) is 92.4 Å². The Kier molecular flexibility index (Phi) is 20.6. The van der Waals surface area contributed by atoms with E-state index in [1.807, 2.05) is 0 Å². The minimum Gasteiger partial charge on any atom is -0.392 e. The summed E-state index contributed by atoms with van der Waals surface area (Å²) < 4.78 is 110. The molecule has 76 heavy (non-hydrogen) atoms. The second kappa shape index (κ2) is 26.0. The van der Waals surface area contributed by atoms with Gasteiger partial charge in [0, 0.05) is 61.3 Å². The minimum atomic E-state index is -4.33. The molecule has 22 heteroatoms. The highest BCUT2D eigenvalue weighted by atomic mass is 35.5. The molecule has 0 saturated carbocycles. The van der Waals surface area contributed by atoms with E-state index in [9.17, 15) is 68.9 Å². The Balaban J connectivity index is 0.000000172. The number of carbonyl (C=O) groups excluding carboxylic acids is 4. The van der Waals surface area contributed by atoms with Gasteiger partial charge in [0.15, 0.2) is 17.3 Å². The molecule has 0 saturated heterocycles. The van der Waals surface area contributed by atoms with Crippen molar-refractivity contribution in [2.75, 3.05) is 0 Å². The van der Waals surface area contributed by atoms with Crippen molar-refractivity contribution in [3.05, 3.63) is 197 Å². The number of aliphatic hydroxyl groups excluding tert-OH is 3. The van der Waals surface area contributed by atoms with Crippen LogP contribution in [0.3, 0.4) is 0 Å². The SMILES string of the molecule is O=C1/C(=C/c2ccc(SC(F)(F)F)cc2)Cc2c1ccc(CO)c2Cl.O=C1CCc2c1ccc(CO)c2Cl.O=C1c2ccc(CO)c(Cl)c2CC1Cc1ccc(SC(F)(F)F)cc1.O=Cc1ccc(SC(F)(F)F)cc1. The number of allylic oxidation sites excluding steroid dienone is 1. The molecule has 0 aliphatic heterocycles. The molecule has 0 aromatic heterocycles. The zero-order valence-electron chi connectivity index (χ0n) is 39.0. The van der Waals surface area contributed by atoms with Crippen molar-refractivity contribution < 1.29 is 74.0 Å². The number of fused-ring (bicyclic) bond motifs is 3. The van der Waals surface area contributed by atoms with Gasteiger partial charge < -0.3 is 15.3 Å². The van der Waals surface area contributed by atoms with Crippen molar-refractivity contribution in [1.29, 1.82) is 0 Å². The number of hydrogen-bond donors (Lipinski definition) is 3. The molecule has 0 radical (unpaired) electrons. The topological polar surface area (TPSA) is 129 Å². The Bertz CT molecular complexity index is 3130. The van der Waals surface area contributed by atoms with Crippen molar-refractivity contribution in [2.24, 2.45) is 5.92 Å². The van der Waals surface area contributed by atoms with E-state index < -0.39 is 16.5 Å². The van der Waals surface area contributed by atoms with E-state index in [0.29, 0.717) is 104 Å². The predicted octanol–water partition coefficient (Wildman–Crippen LogP) is 15.4. The van der Waals surface area contributed by atoms with Crippen molar-refractivity contribution in [2.45, 2.75) is 83.1 Å². The molecular formula is C54H40Cl3F9O7S3. The van der Waals surface area contributed by atoms with Crippen LogP contribution in [-0.4, -0.2) is 55.5 Å². The third-order valence-electron chi connectivity index (χ3n) is 11.7. The van der Waals surface area contributed by atoms with Gasteiger partial charge in [-0.3, -0.25) is 19.2 Å². The van der Waals surface area contributed by atoms with E-state index >= 15 is 0 Å². The summed E-state index contributed by atoms with van der Waals surface area (Å²) in [5, 5.41) is 28.8. The van der Waals surface area contributed by atoms with E-state index in [1.54, 1.807) is 54.6 Å². The quantitative estimate of drug-likeness (QED) is 0.0528. The molecule has 3 N–H and O–H groups in total. The van der Waals surface area contributed by atoms with Crippen molar-refractivity contribution in [3.8, 4) is 0 Å². The summed E-state index contributed by atoms with van der Waals surface area (Å²) >= 11 is 17.9. The van der Waals surface area contributed by atoms with Crippen LogP contribution in [0.15, 0.2) is 129 Å². The number of hydrogen-bond acceptors (Lipinski definition) is 10. The summed E-state index contributed by atoms with van der Waals surface area (Å²) in [4.78, 5) is 46.8. The third-order valence-corrected chi connectivity index (χ3v) is 15.3. The number of alkyl halides is 9. The van der Waals surface area contributed by atoms with Crippen molar-refractivity contribution in [3.63, 3.8) is 0 Å². The zero-order chi connectivity index (χ0) is 55.7. The highest BCUT2D eigenvalue weighted by molar-refractivity contribution is 8.00. The van der Waals surface area contributed by atoms with Crippen LogP contribution in [0.25, 0.3) is 6.08 Å². The van der Waals surface area contributed by atoms with Crippen LogP contribution in [-0.2, 0) is 45.5 Å². The van der Waals surface area contributed by atoms with E-state index in [2.05, 4.69) is 0 Å². The number of ketones is 3. The predicted molar refractivity (Wildman–Crippen MR) is 276 cm³/mol. The van der Waals surface area contributed by atoms with Crippen molar-refractivity contribution >= 4 is 99.8 Å². The van der Waals surface area contributed by atoms with Crippen LogP contribution in [0.4, 0.5) is 39.5 Å². The van der Waals surface area contributed by atoms with Crippen molar-refractivity contribution in [1.82, 2.24) is 0 Å². The zero-order valence-corrected chi connectivity index (χ0v) is 43.7. The lowest BCUT2D eigenvalue weighted by Crippen LogP contribution is -2.12. The third kappa shape index (κ3) is 16.2. The Morgan fingerprint density at radius 2 is 0.934 bits per heavy atom. The highest BCUT2D eigenvalue weighted by Crippen LogP contribution is 2.41. The minimum absolute atomic E-state index is 0.0184. The van der Waals surface area contributed by atoms with E-state index in [1.165, 1.54) is 60.7 Å². The van der Waals surface area contributed by atoms with Gasteiger partial charge in [-0.25, -0.2) is 0 Å². The molecular weight excluding hydrogens is 1130 g/mol. The Morgan fingerprint density at radius 3 is 1.39 bits per heavy atom. The fourth-order valence-electron chi connectivity index (χ4n) is 8.18. The number of carbonyl (C=O) groups is 4. The summed E-state index contributed by atoms with van der Waals surface area (Å²) in [6.45, 7) is -0.471. The monoisotopic (exact) mass is 1170 g/mol. The second-order valence-electron chi connectivity index (χ2n) is 16.8. The lowest BCUT2D eigenvalue weighted by molar-refractivity contribution is -0.0337. The first-order chi connectivity index (χ1) is 35.8. The average Bonchev–Trinajstić information content (AvgIpc) is 4.02. The fraction of sp³-hybridized carbons (Fsp3) is 0.222. The molecule has 0 spiro atoms. The molecule has 6 aromatic carbocycles. The van der Waals surface area contributed by atoms with E-state index in [0.717, 1.165) is 22.3 Å². The lowest BCUT2D eigenvalue weighted by Gasteiger charge is -2.10. The van der Waals surface area contributed by atoms with Gasteiger partial charge in [0.05, 0.1) is 34.9 Å². The first-order valence-electron chi connectivity index (χ1n) is 22.4. The van der Waals surface area contributed by atoms with Gasteiger partial charge in [-0.2, -0.15) is 39.5 Å². The molecule has 0 heterocycles. The smallest absolute Gasteiger partial charge is 0.392 e. The molecule has 3 aliphatic carbocycles. The van der Waals surface area contributed by atoms with Crippen LogP contribution < -0.4 is 0 Å². The number of rotatable bonds is 10. The molecule has 6 aromatic rings. The summed E-state index contributed by atoms with van der Waals surface area (Å²) in [5.41, 5.74) is -4.64. The Labute approximate surface area is 456 Å². The van der Waals surface area contributed by atoms with Crippen LogP contribution in [0, 0.1) is 5.92 Å². The Hall–Kier alpha value is -5.09. The molecule has 9 rings (SSSR count). The molecule has 0 amide bonds. The first kappa shape index (κ1) is 60.1. The first-order valence-corrected chi connectivity index (χ1v) is 26.0. The number of halogens is 12. The molecule has 400 valence electrons. The maximum atomic E-state index is 12.5. The van der Waals surface area contributed by atoms with E-state index in [-0.39, 0.29) is 93.1 Å². The number of thioether (sulfide) groups is 3. The summed E-state index contributed by atoms with van der Waals surface area (Å²) in [6.07, 6.45) is 4.74. The van der Waals surface area contributed by atoms with Gasteiger partial charge in [-0.05, 0) is 142 Å². The summed E-state index contributed by atoms with van der Waals surface area (Å²) in [5.74, 6) is -0.311. The fourth-order valence-corrected chi connectivity index (χ4v) is 10.7. The highest BCUT2D eigenvalue weighted by Gasteiger charge is 2.34. The van der Waals surface area contributed by atoms with Gasteiger partial charge in [0.25, 0.3) is 0 Å².